The summed E-state index contributed by atoms with van der Waals surface area (Å²) in [6, 6.07) is 12.6. The molecule has 1 aliphatic rings. The number of benzene rings is 2. The molecule has 0 atom stereocenters. The molecule has 0 aromatic heterocycles. The molecule has 0 aliphatic carbocycles. The Labute approximate surface area is 142 Å². The van der Waals surface area contributed by atoms with Gasteiger partial charge in [-0.2, -0.15) is 0 Å². The molecule has 118 valence electrons. The van der Waals surface area contributed by atoms with Crippen LogP contribution in [0.2, 0.25) is 0 Å². The molecule has 0 saturated heterocycles. The molecule has 0 spiro atoms. The smallest absolute Gasteiger partial charge is 0.271 e. The van der Waals surface area contributed by atoms with Crippen molar-refractivity contribution in [3.05, 3.63) is 68.2 Å². The lowest BCUT2D eigenvalue weighted by molar-refractivity contribution is -0.384. The average Bonchev–Trinajstić information content (AvgIpc) is 2.95. The van der Waals surface area contributed by atoms with Gasteiger partial charge in [-0.1, -0.05) is 34.1 Å². The third-order valence-electron chi connectivity index (χ3n) is 3.99. The van der Waals surface area contributed by atoms with E-state index in [0.717, 1.165) is 22.0 Å². The van der Waals surface area contributed by atoms with Crippen LogP contribution in [-0.4, -0.2) is 17.4 Å². The van der Waals surface area contributed by atoms with Crippen LogP contribution in [0.1, 0.15) is 17.5 Å². The van der Waals surface area contributed by atoms with E-state index in [1.807, 2.05) is 24.3 Å². The van der Waals surface area contributed by atoms with Gasteiger partial charge in [-0.3, -0.25) is 14.9 Å². The first-order chi connectivity index (χ1) is 11.0. The van der Waals surface area contributed by atoms with Crippen molar-refractivity contribution in [3.8, 4) is 0 Å². The molecule has 0 radical (unpaired) electrons. The van der Waals surface area contributed by atoms with E-state index in [4.69, 9.17) is 0 Å². The van der Waals surface area contributed by atoms with E-state index < -0.39 is 4.92 Å². The van der Waals surface area contributed by atoms with Crippen LogP contribution < -0.4 is 4.90 Å². The van der Waals surface area contributed by atoms with Gasteiger partial charge in [0.25, 0.3) is 5.69 Å². The third kappa shape index (κ3) is 3.42. The predicted molar refractivity (Wildman–Crippen MR) is 91.6 cm³/mol. The van der Waals surface area contributed by atoms with Gasteiger partial charge in [-0.05, 0) is 36.1 Å². The number of nitrogens with zero attached hydrogens (tertiary/aromatic N) is 2. The molecule has 0 fully saturated rings. The van der Waals surface area contributed by atoms with E-state index >= 15 is 0 Å². The molecule has 2 aromatic rings. The van der Waals surface area contributed by atoms with Gasteiger partial charge in [0.2, 0.25) is 5.91 Å². The summed E-state index contributed by atoms with van der Waals surface area (Å²) >= 11 is 3.42. The number of anilines is 1. The van der Waals surface area contributed by atoms with Crippen LogP contribution in [0.15, 0.2) is 46.9 Å². The Bertz CT molecular complexity index is 776. The summed E-state index contributed by atoms with van der Waals surface area (Å²) in [6.07, 6.45) is 1.79. The van der Waals surface area contributed by atoms with Gasteiger partial charge >= 0.3 is 0 Å². The highest BCUT2D eigenvalue weighted by molar-refractivity contribution is 9.10. The van der Waals surface area contributed by atoms with Crippen LogP contribution in [0.4, 0.5) is 11.4 Å². The van der Waals surface area contributed by atoms with Crippen molar-refractivity contribution >= 4 is 33.2 Å². The third-order valence-corrected chi connectivity index (χ3v) is 4.49. The Kier molecular flexibility index (Phi) is 4.43. The highest BCUT2D eigenvalue weighted by Gasteiger charge is 2.26. The molecule has 23 heavy (non-hydrogen) atoms. The number of non-ortho nitro benzene ring substituents is 1. The summed E-state index contributed by atoms with van der Waals surface area (Å²) in [6.45, 7) is 0.591. The van der Waals surface area contributed by atoms with E-state index in [1.54, 1.807) is 11.0 Å². The Hall–Kier alpha value is -2.21. The van der Waals surface area contributed by atoms with Crippen molar-refractivity contribution in [1.29, 1.82) is 0 Å². The summed E-state index contributed by atoms with van der Waals surface area (Å²) < 4.78 is 0.990. The molecule has 2 aromatic carbocycles. The quantitative estimate of drug-likeness (QED) is 0.602. The summed E-state index contributed by atoms with van der Waals surface area (Å²) in [5.41, 5.74) is 2.78. The van der Waals surface area contributed by atoms with Gasteiger partial charge in [-0.15, -0.1) is 0 Å². The van der Waals surface area contributed by atoms with E-state index in [2.05, 4.69) is 15.9 Å². The normalized spacial score (nSPS) is 13.0. The molecule has 0 saturated carbocycles. The summed E-state index contributed by atoms with van der Waals surface area (Å²) in [7, 11) is 0. The van der Waals surface area contributed by atoms with Crippen LogP contribution >= 0.6 is 15.9 Å². The van der Waals surface area contributed by atoms with Crippen LogP contribution in [0.3, 0.4) is 0 Å². The van der Waals surface area contributed by atoms with Crippen LogP contribution in [0.5, 0.6) is 0 Å². The number of amides is 1. The zero-order chi connectivity index (χ0) is 16.4. The highest BCUT2D eigenvalue weighted by Crippen LogP contribution is 2.32. The van der Waals surface area contributed by atoms with Gasteiger partial charge in [0, 0.05) is 29.6 Å². The molecule has 1 amide bonds. The fourth-order valence-electron chi connectivity index (χ4n) is 2.82. The van der Waals surface area contributed by atoms with Crippen LogP contribution in [0.25, 0.3) is 0 Å². The van der Waals surface area contributed by atoms with Crippen molar-refractivity contribution < 1.29 is 9.72 Å². The Balaban J connectivity index is 1.72. The zero-order valence-corrected chi connectivity index (χ0v) is 14.0. The van der Waals surface area contributed by atoms with E-state index in [-0.39, 0.29) is 11.6 Å². The number of hydrogen-bond acceptors (Lipinski definition) is 3. The molecular weight excluding hydrogens is 360 g/mol. The number of carbonyl (C=O) groups is 1. The van der Waals surface area contributed by atoms with E-state index in [1.165, 1.54) is 12.1 Å². The topological polar surface area (TPSA) is 63.5 Å². The van der Waals surface area contributed by atoms with Crippen LogP contribution in [-0.2, 0) is 17.6 Å². The summed E-state index contributed by atoms with van der Waals surface area (Å²) in [4.78, 5) is 24.6. The van der Waals surface area contributed by atoms with Crippen molar-refractivity contribution in [2.24, 2.45) is 0 Å². The maximum atomic E-state index is 12.5. The largest absolute Gasteiger partial charge is 0.312 e. The van der Waals surface area contributed by atoms with E-state index in [0.29, 0.717) is 25.1 Å². The number of fused-ring (bicyclic) bond motifs is 1. The van der Waals surface area contributed by atoms with Crippen molar-refractivity contribution in [2.75, 3.05) is 11.4 Å². The first-order valence-electron chi connectivity index (χ1n) is 7.37. The summed E-state index contributed by atoms with van der Waals surface area (Å²) in [5.74, 6) is 0.00391. The fourth-order valence-corrected chi connectivity index (χ4v) is 3.27. The molecule has 0 N–H and O–H groups in total. The molecule has 3 rings (SSSR count). The second kappa shape index (κ2) is 6.50. The van der Waals surface area contributed by atoms with Crippen molar-refractivity contribution in [1.82, 2.24) is 0 Å². The number of hydrogen-bond donors (Lipinski definition) is 0. The Morgan fingerprint density at radius 3 is 2.83 bits per heavy atom. The van der Waals surface area contributed by atoms with Gasteiger partial charge in [-0.25, -0.2) is 0 Å². The lowest BCUT2D eigenvalue weighted by Gasteiger charge is -2.17. The first-order valence-corrected chi connectivity index (χ1v) is 8.16. The van der Waals surface area contributed by atoms with Gasteiger partial charge in [0.05, 0.1) is 10.6 Å². The second-order valence-electron chi connectivity index (χ2n) is 5.50. The summed E-state index contributed by atoms with van der Waals surface area (Å²) in [5, 5.41) is 10.9. The van der Waals surface area contributed by atoms with Gasteiger partial charge in [0.15, 0.2) is 0 Å². The molecule has 1 aliphatic heterocycles. The van der Waals surface area contributed by atoms with Crippen molar-refractivity contribution in [3.63, 3.8) is 0 Å². The predicted octanol–water partition coefficient (Wildman–Crippen LogP) is 3.88. The number of nitro groups is 1. The number of aryl methyl sites for hydroxylation is 1. The number of carbonyl (C=O) groups excluding carboxylic acids is 1. The minimum absolute atomic E-state index is 0.00391. The first kappa shape index (κ1) is 15.7. The lowest BCUT2D eigenvalue weighted by Crippen LogP contribution is -2.29. The molecule has 5 nitrogen and oxygen atoms in total. The van der Waals surface area contributed by atoms with Crippen molar-refractivity contribution in [2.45, 2.75) is 19.3 Å². The van der Waals surface area contributed by atoms with Gasteiger partial charge < -0.3 is 4.90 Å². The molecule has 0 bridgehead atoms. The minimum atomic E-state index is -0.428. The standard InChI is InChI=1S/C17H15BrN2O3/c18-14-3-1-2-12(10-14)4-7-17(21)19-9-8-13-5-6-15(20(22)23)11-16(13)19/h1-3,5-6,10-11H,4,7-9H2. The van der Waals surface area contributed by atoms with E-state index in [9.17, 15) is 14.9 Å². The lowest BCUT2D eigenvalue weighted by atomic mass is 10.1. The molecule has 1 heterocycles. The maximum absolute atomic E-state index is 12.5. The maximum Gasteiger partial charge on any atom is 0.271 e. The Morgan fingerprint density at radius 1 is 1.26 bits per heavy atom. The Morgan fingerprint density at radius 2 is 2.09 bits per heavy atom. The average molecular weight is 375 g/mol. The minimum Gasteiger partial charge on any atom is -0.312 e. The number of halogens is 1. The molecule has 6 heteroatoms. The number of rotatable bonds is 4. The molecule has 0 unspecified atom stereocenters. The fraction of sp³-hybridized carbons (Fsp3) is 0.235. The highest BCUT2D eigenvalue weighted by atomic mass is 79.9. The SMILES string of the molecule is O=C(CCc1cccc(Br)c1)N1CCc2ccc([N+](=O)[O-])cc21. The van der Waals surface area contributed by atoms with Crippen LogP contribution in [0, 0.1) is 10.1 Å². The second-order valence-corrected chi connectivity index (χ2v) is 6.41. The van der Waals surface area contributed by atoms with Gasteiger partial charge in [0.1, 0.15) is 0 Å². The number of nitro benzene ring substituents is 1. The molecular formula is C17H15BrN2O3. The monoisotopic (exact) mass is 374 g/mol. The zero-order valence-electron chi connectivity index (χ0n) is 12.4.